The van der Waals surface area contributed by atoms with E-state index >= 15 is 0 Å². The first-order valence-electron chi connectivity index (χ1n) is 3.73. The van der Waals surface area contributed by atoms with Crippen molar-refractivity contribution < 1.29 is 0 Å². The van der Waals surface area contributed by atoms with Gasteiger partial charge in [0, 0.05) is 18.8 Å². The van der Waals surface area contributed by atoms with Crippen molar-refractivity contribution in [2.45, 2.75) is 26.7 Å². The Morgan fingerprint density at radius 3 is 3.00 bits per heavy atom. The second-order valence-electron chi connectivity index (χ2n) is 2.20. The second-order valence-corrected chi connectivity index (χ2v) is 2.20. The van der Waals surface area contributed by atoms with Gasteiger partial charge in [-0.2, -0.15) is 0 Å². The molecular weight excluding hydrogens is 124 g/mol. The van der Waals surface area contributed by atoms with Gasteiger partial charge in [0.05, 0.1) is 6.54 Å². The topological polar surface area (TPSA) is 17.8 Å². The lowest BCUT2D eigenvalue weighted by atomic mass is 10.4. The predicted octanol–water partition coefficient (Wildman–Crippen LogP) is 1.87. The van der Waals surface area contributed by atoms with Crippen molar-refractivity contribution in [3.63, 3.8) is 0 Å². The lowest BCUT2D eigenvalue weighted by Crippen LogP contribution is -1.98. The van der Waals surface area contributed by atoms with Gasteiger partial charge in [-0.25, -0.2) is 4.98 Å². The number of rotatable bonds is 3. The van der Waals surface area contributed by atoms with Crippen molar-refractivity contribution >= 4 is 0 Å². The minimum absolute atomic E-state index is 1.00. The van der Waals surface area contributed by atoms with Gasteiger partial charge in [-0.05, 0) is 6.42 Å². The van der Waals surface area contributed by atoms with E-state index in [4.69, 9.17) is 0 Å². The van der Waals surface area contributed by atoms with Gasteiger partial charge in [0.2, 0.25) is 0 Å². The highest BCUT2D eigenvalue weighted by molar-refractivity contribution is 4.95. The molecule has 0 atom stereocenters. The smallest absolute Gasteiger partial charge is 0.108 e. The maximum absolute atomic E-state index is 4.19. The molecule has 0 unspecified atom stereocenters. The number of hydrogen-bond acceptors (Lipinski definition) is 1. The number of nitrogens with zero attached hydrogens (tertiary/aromatic N) is 2. The third kappa shape index (κ3) is 1.38. The summed E-state index contributed by atoms with van der Waals surface area (Å²) < 4.78 is 2.08. The van der Waals surface area contributed by atoms with Gasteiger partial charge in [-0.3, -0.25) is 0 Å². The zero-order valence-electron chi connectivity index (χ0n) is 6.54. The van der Waals surface area contributed by atoms with Crippen LogP contribution in [0.15, 0.2) is 12.4 Å². The van der Waals surface area contributed by atoms with Crippen molar-refractivity contribution in [3.05, 3.63) is 24.8 Å². The lowest BCUT2D eigenvalue weighted by Gasteiger charge is -2.01. The largest absolute Gasteiger partial charge is 0.330 e. The van der Waals surface area contributed by atoms with Crippen LogP contribution in [0, 0.1) is 6.54 Å². The van der Waals surface area contributed by atoms with Gasteiger partial charge in [0.1, 0.15) is 5.82 Å². The monoisotopic (exact) mass is 137 g/mol. The third-order valence-corrected chi connectivity index (χ3v) is 1.44. The molecule has 0 aliphatic heterocycles. The van der Waals surface area contributed by atoms with Gasteiger partial charge >= 0.3 is 0 Å². The van der Waals surface area contributed by atoms with Gasteiger partial charge in [0.15, 0.2) is 0 Å². The number of aromatic nitrogens is 2. The quantitative estimate of drug-likeness (QED) is 0.621. The summed E-state index contributed by atoms with van der Waals surface area (Å²) in [7, 11) is 0. The highest BCUT2D eigenvalue weighted by Gasteiger charge is 1.96. The summed E-state index contributed by atoms with van der Waals surface area (Å²) in [5, 5.41) is 0. The number of hydrogen-bond donors (Lipinski definition) is 0. The summed E-state index contributed by atoms with van der Waals surface area (Å²) in [6, 6.07) is 0. The molecule has 0 saturated heterocycles. The van der Waals surface area contributed by atoms with Gasteiger partial charge in [-0.1, -0.05) is 13.8 Å². The third-order valence-electron chi connectivity index (χ3n) is 1.44. The maximum Gasteiger partial charge on any atom is 0.108 e. The summed E-state index contributed by atoms with van der Waals surface area (Å²) in [5.41, 5.74) is 0. The van der Waals surface area contributed by atoms with Crippen LogP contribution in [-0.4, -0.2) is 9.55 Å². The lowest BCUT2D eigenvalue weighted by molar-refractivity contribution is 0.798. The molecule has 1 aromatic heterocycles. The second kappa shape index (κ2) is 3.40. The molecule has 55 valence electrons. The molecule has 0 bridgehead atoms. The molecule has 0 spiro atoms. The van der Waals surface area contributed by atoms with Crippen molar-refractivity contribution in [1.82, 2.24) is 9.55 Å². The Kier molecular flexibility index (Phi) is 2.49. The summed E-state index contributed by atoms with van der Waals surface area (Å²) in [4.78, 5) is 4.19. The predicted molar refractivity (Wildman–Crippen MR) is 41.6 cm³/mol. The Bertz CT molecular complexity index is 191. The Hall–Kier alpha value is -0.790. The minimum atomic E-state index is 1.00. The number of imidazole rings is 1. The minimum Gasteiger partial charge on any atom is -0.330 e. The van der Waals surface area contributed by atoms with Crippen LogP contribution in [-0.2, 0) is 6.42 Å². The fraction of sp³-hybridized carbons (Fsp3) is 0.500. The molecule has 0 aromatic carbocycles. The molecule has 0 N–H and O–H groups in total. The zero-order chi connectivity index (χ0) is 7.40. The molecule has 0 aliphatic carbocycles. The molecule has 2 nitrogen and oxygen atoms in total. The van der Waals surface area contributed by atoms with Crippen LogP contribution in [0.2, 0.25) is 0 Å². The first-order chi connectivity index (χ1) is 4.88. The van der Waals surface area contributed by atoms with Gasteiger partial charge in [-0.15, -0.1) is 0 Å². The summed E-state index contributed by atoms with van der Waals surface area (Å²) in [6.07, 6.45) is 5.89. The first kappa shape index (κ1) is 7.32. The average molecular weight is 137 g/mol. The van der Waals surface area contributed by atoms with Crippen molar-refractivity contribution in [2.75, 3.05) is 0 Å². The summed E-state index contributed by atoms with van der Waals surface area (Å²) in [5.74, 6) is 1.14. The first-order valence-corrected chi connectivity index (χ1v) is 3.73. The molecule has 0 saturated carbocycles. The average Bonchev–Trinajstić information content (AvgIpc) is 2.36. The van der Waals surface area contributed by atoms with Crippen LogP contribution in [0.4, 0.5) is 0 Å². The van der Waals surface area contributed by atoms with Crippen LogP contribution in [0.3, 0.4) is 0 Å². The van der Waals surface area contributed by atoms with Crippen LogP contribution < -0.4 is 0 Å². The molecule has 1 aromatic rings. The van der Waals surface area contributed by atoms with E-state index in [9.17, 15) is 0 Å². The van der Waals surface area contributed by atoms with E-state index < -0.39 is 0 Å². The van der Waals surface area contributed by atoms with E-state index in [1.165, 1.54) is 0 Å². The Labute approximate surface area is 61.9 Å². The van der Waals surface area contributed by atoms with E-state index in [2.05, 4.69) is 29.9 Å². The van der Waals surface area contributed by atoms with Gasteiger partial charge in [0.25, 0.3) is 0 Å². The van der Waals surface area contributed by atoms with Gasteiger partial charge < -0.3 is 4.57 Å². The van der Waals surface area contributed by atoms with Crippen molar-refractivity contribution in [2.24, 2.45) is 0 Å². The van der Waals surface area contributed by atoms with Crippen LogP contribution in [0.25, 0.3) is 0 Å². The molecule has 0 amide bonds. The van der Waals surface area contributed by atoms with E-state index in [1.807, 2.05) is 12.4 Å². The molecule has 0 aliphatic rings. The van der Waals surface area contributed by atoms with Crippen LogP contribution in [0.1, 0.15) is 26.1 Å². The normalized spacial score (nSPS) is 10.2. The molecule has 1 rings (SSSR count). The molecule has 1 heterocycles. The standard InChI is InChI=1S/C8H13N2/c1-3-6-10-7-5-9-8(10)4-2/h5-7H,3-4H2,1-2H3. The Morgan fingerprint density at radius 2 is 2.40 bits per heavy atom. The van der Waals surface area contributed by atoms with Crippen molar-refractivity contribution in [3.8, 4) is 0 Å². The van der Waals surface area contributed by atoms with E-state index in [-0.39, 0.29) is 0 Å². The van der Waals surface area contributed by atoms with Crippen molar-refractivity contribution in [1.29, 1.82) is 0 Å². The highest BCUT2D eigenvalue weighted by atomic mass is 15.0. The number of aryl methyl sites for hydroxylation is 1. The Balaban J connectivity index is 2.70. The van der Waals surface area contributed by atoms with E-state index in [1.54, 1.807) is 0 Å². The molecule has 1 radical (unpaired) electrons. The van der Waals surface area contributed by atoms with E-state index in [0.717, 1.165) is 18.7 Å². The SMILES string of the molecule is CC[CH]n1ccnc1CC. The maximum atomic E-state index is 4.19. The van der Waals surface area contributed by atoms with E-state index in [0.29, 0.717) is 0 Å². The summed E-state index contributed by atoms with van der Waals surface area (Å²) >= 11 is 0. The zero-order valence-corrected chi connectivity index (χ0v) is 6.54. The fourth-order valence-corrected chi connectivity index (χ4v) is 0.981. The molecule has 2 heteroatoms. The molecular formula is C8H13N2. The highest BCUT2D eigenvalue weighted by Crippen LogP contribution is 2.00. The fourth-order valence-electron chi connectivity index (χ4n) is 0.981. The Morgan fingerprint density at radius 1 is 1.60 bits per heavy atom. The molecule has 10 heavy (non-hydrogen) atoms. The van der Waals surface area contributed by atoms with Crippen LogP contribution >= 0.6 is 0 Å². The molecule has 0 fully saturated rings. The van der Waals surface area contributed by atoms with Crippen LogP contribution in [0.5, 0.6) is 0 Å². The summed E-state index contributed by atoms with van der Waals surface area (Å²) in [6.45, 7) is 6.37.